The van der Waals surface area contributed by atoms with E-state index in [0.29, 0.717) is 5.25 Å². The van der Waals surface area contributed by atoms with Crippen molar-refractivity contribution in [3.05, 3.63) is 11.1 Å². The molecule has 2 N–H and O–H groups in total. The summed E-state index contributed by atoms with van der Waals surface area (Å²) in [5.74, 6) is 0. The summed E-state index contributed by atoms with van der Waals surface area (Å²) in [7, 11) is 0. The molecule has 0 aliphatic rings. The van der Waals surface area contributed by atoms with E-state index in [4.69, 9.17) is 5.73 Å². The number of nitrogens with two attached hydrogens (primary N) is 1. The third kappa shape index (κ3) is 2.77. The van der Waals surface area contributed by atoms with Crippen LogP contribution in [0.25, 0.3) is 0 Å². The Hall–Kier alpha value is -0.0600. The first-order valence-corrected chi connectivity index (χ1v) is 5.70. The van der Waals surface area contributed by atoms with E-state index >= 15 is 0 Å². The van der Waals surface area contributed by atoms with Crippen LogP contribution >= 0.6 is 23.1 Å². The Kier molecular flexibility index (Phi) is 3.55. The fraction of sp³-hybridized carbons (Fsp3) is 0.625. The predicted octanol–water partition coefficient (Wildman–Crippen LogP) is 2.28. The quantitative estimate of drug-likeness (QED) is 0.764. The molecule has 0 amide bonds. The number of rotatable bonds is 3. The van der Waals surface area contributed by atoms with Crippen molar-refractivity contribution in [2.24, 2.45) is 5.73 Å². The highest BCUT2D eigenvalue weighted by molar-refractivity contribution is 8.01. The molecule has 2 nitrogen and oxygen atoms in total. The second kappa shape index (κ2) is 4.25. The van der Waals surface area contributed by atoms with Crippen LogP contribution in [0.15, 0.2) is 9.72 Å². The van der Waals surface area contributed by atoms with Gasteiger partial charge >= 0.3 is 0 Å². The first-order chi connectivity index (χ1) is 5.59. The largest absolute Gasteiger partial charge is 0.327 e. The lowest BCUT2D eigenvalue weighted by atomic mass is 10.3. The van der Waals surface area contributed by atoms with Crippen LogP contribution in [-0.4, -0.2) is 16.3 Å². The maximum absolute atomic E-state index is 5.75. The maximum atomic E-state index is 5.75. The minimum atomic E-state index is 0.221. The number of hydrogen-bond donors (Lipinski definition) is 1. The minimum absolute atomic E-state index is 0.221. The van der Waals surface area contributed by atoms with Gasteiger partial charge in [0.1, 0.15) is 4.34 Å². The molecule has 0 radical (unpaired) electrons. The molecule has 0 saturated carbocycles. The topological polar surface area (TPSA) is 38.9 Å². The molecule has 0 saturated heterocycles. The summed E-state index contributed by atoms with van der Waals surface area (Å²) in [5.41, 5.74) is 6.84. The van der Waals surface area contributed by atoms with E-state index in [-0.39, 0.29) is 6.04 Å². The Morgan fingerprint density at radius 2 is 2.25 bits per heavy atom. The van der Waals surface area contributed by atoms with Crippen molar-refractivity contribution in [1.82, 2.24) is 4.98 Å². The van der Waals surface area contributed by atoms with E-state index in [0.717, 1.165) is 10.0 Å². The molecule has 0 aromatic carbocycles. The average molecular weight is 202 g/mol. The fourth-order valence-corrected chi connectivity index (χ4v) is 2.72. The van der Waals surface area contributed by atoms with Crippen LogP contribution in [0.1, 0.15) is 19.5 Å². The van der Waals surface area contributed by atoms with E-state index in [1.807, 2.05) is 13.8 Å². The highest BCUT2D eigenvalue weighted by Gasteiger charge is 2.10. The summed E-state index contributed by atoms with van der Waals surface area (Å²) in [6, 6.07) is 0.221. The van der Waals surface area contributed by atoms with Crippen LogP contribution in [0, 0.1) is 6.92 Å². The predicted molar refractivity (Wildman–Crippen MR) is 55.8 cm³/mol. The van der Waals surface area contributed by atoms with E-state index in [2.05, 4.69) is 17.3 Å². The maximum Gasteiger partial charge on any atom is 0.150 e. The van der Waals surface area contributed by atoms with Gasteiger partial charge in [-0.2, -0.15) is 0 Å². The summed E-state index contributed by atoms with van der Waals surface area (Å²) in [4.78, 5) is 4.36. The van der Waals surface area contributed by atoms with E-state index in [9.17, 15) is 0 Å². The number of thioether (sulfide) groups is 1. The van der Waals surface area contributed by atoms with Gasteiger partial charge in [-0.1, -0.05) is 18.7 Å². The number of nitrogens with zero attached hydrogens (tertiary/aromatic N) is 1. The molecule has 68 valence electrons. The van der Waals surface area contributed by atoms with Gasteiger partial charge in [0.05, 0.1) is 0 Å². The zero-order chi connectivity index (χ0) is 9.14. The summed E-state index contributed by atoms with van der Waals surface area (Å²) in [6.45, 7) is 6.17. The fourth-order valence-electron chi connectivity index (χ4n) is 0.653. The summed E-state index contributed by atoms with van der Waals surface area (Å²) in [6.07, 6.45) is 0. The van der Waals surface area contributed by atoms with E-state index in [1.54, 1.807) is 23.1 Å². The van der Waals surface area contributed by atoms with Crippen LogP contribution in [-0.2, 0) is 0 Å². The Balaban J connectivity index is 2.52. The van der Waals surface area contributed by atoms with Gasteiger partial charge in [0.25, 0.3) is 0 Å². The zero-order valence-corrected chi connectivity index (χ0v) is 9.21. The summed E-state index contributed by atoms with van der Waals surface area (Å²) < 4.78 is 1.12. The van der Waals surface area contributed by atoms with Crippen molar-refractivity contribution in [2.75, 3.05) is 0 Å². The van der Waals surface area contributed by atoms with Crippen molar-refractivity contribution in [3.63, 3.8) is 0 Å². The van der Waals surface area contributed by atoms with Gasteiger partial charge in [-0.05, 0) is 13.8 Å². The minimum Gasteiger partial charge on any atom is -0.327 e. The first-order valence-electron chi connectivity index (χ1n) is 3.94. The smallest absolute Gasteiger partial charge is 0.150 e. The van der Waals surface area contributed by atoms with Crippen LogP contribution < -0.4 is 5.73 Å². The van der Waals surface area contributed by atoms with Gasteiger partial charge in [-0.15, -0.1) is 11.3 Å². The highest BCUT2D eigenvalue weighted by atomic mass is 32.2. The summed E-state index contributed by atoms with van der Waals surface area (Å²) >= 11 is 3.45. The molecule has 0 bridgehead atoms. The molecule has 0 fully saturated rings. The molecule has 12 heavy (non-hydrogen) atoms. The third-order valence-electron chi connectivity index (χ3n) is 1.63. The molecule has 0 spiro atoms. The van der Waals surface area contributed by atoms with Crippen molar-refractivity contribution < 1.29 is 0 Å². The molecular weight excluding hydrogens is 188 g/mol. The number of aryl methyl sites for hydroxylation is 1. The number of hydrogen-bond acceptors (Lipinski definition) is 4. The van der Waals surface area contributed by atoms with Gasteiger partial charge in [0.2, 0.25) is 0 Å². The number of thiazole rings is 1. The van der Waals surface area contributed by atoms with Crippen LogP contribution in [0.3, 0.4) is 0 Å². The lowest BCUT2D eigenvalue weighted by Crippen LogP contribution is -2.26. The van der Waals surface area contributed by atoms with Crippen molar-refractivity contribution in [1.29, 1.82) is 0 Å². The van der Waals surface area contributed by atoms with Gasteiger partial charge < -0.3 is 5.73 Å². The van der Waals surface area contributed by atoms with Gasteiger partial charge in [0.15, 0.2) is 0 Å². The zero-order valence-electron chi connectivity index (χ0n) is 7.57. The molecule has 4 heteroatoms. The Morgan fingerprint density at radius 3 is 2.67 bits per heavy atom. The van der Waals surface area contributed by atoms with E-state index < -0.39 is 0 Å². The Labute approximate surface area is 81.6 Å². The molecule has 1 heterocycles. The molecule has 0 aliphatic heterocycles. The molecule has 1 aromatic rings. The van der Waals surface area contributed by atoms with Crippen molar-refractivity contribution in [3.8, 4) is 0 Å². The standard InChI is InChI=1S/C8H14N2S2/c1-5-4-11-8(10-5)12-7(3)6(2)9/h4,6-7H,9H2,1-3H3. The lowest BCUT2D eigenvalue weighted by Gasteiger charge is -2.12. The summed E-state index contributed by atoms with van der Waals surface area (Å²) in [5, 5.41) is 2.51. The monoisotopic (exact) mass is 202 g/mol. The third-order valence-corrected chi connectivity index (χ3v) is 4.05. The molecule has 1 aromatic heterocycles. The second-order valence-electron chi connectivity index (χ2n) is 2.94. The van der Waals surface area contributed by atoms with Gasteiger partial charge in [0, 0.05) is 22.4 Å². The average Bonchev–Trinajstić information content (AvgIpc) is 2.35. The second-order valence-corrected chi connectivity index (χ2v) is 5.42. The van der Waals surface area contributed by atoms with Crippen LogP contribution in [0.5, 0.6) is 0 Å². The number of aromatic nitrogens is 1. The molecular formula is C8H14N2S2. The van der Waals surface area contributed by atoms with E-state index in [1.165, 1.54) is 0 Å². The Morgan fingerprint density at radius 1 is 1.58 bits per heavy atom. The SMILES string of the molecule is Cc1csc(SC(C)C(C)N)n1. The molecule has 2 unspecified atom stereocenters. The highest BCUT2D eigenvalue weighted by Crippen LogP contribution is 2.27. The molecule has 2 atom stereocenters. The van der Waals surface area contributed by atoms with Crippen molar-refractivity contribution >= 4 is 23.1 Å². The molecule has 1 rings (SSSR count). The normalized spacial score (nSPS) is 16.0. The van der Waals surface area contributed by atoms with Crippen molar-refractivity contribution in [2.45, 2.75) is 36.4 Å². The van der Waals surface area contributed by atoms with Crippen LogP contribution in [0.2, 0.25) is 0 Å². The van der Waals surface area contributed by atoms with Crippen LogP contribution in [0.4, 0.5) is 0 Å². The lowest BCUT2D eigenvalue weighted by molar-refractivity contribution is 0.730. The Bertz CT molecular complexity index is 245. The first kappa shape index (κ1) is 10.0. The van der Waals surface area contributed by atoms with Gasteiger partial charge in [-0.25, -0.2) is 4.98 Å². The van der Waals surface area contributed by atoms with Gasteiger partial charge in [-0.3, -0.25) is 0 Å². The molecule has 0 aliphatic carbocycles.